The summed E-state index contributed by atoms with van der Waals surface area (Å²) < 4.78 is 28.6. The third-order valence-electron chi connectivity index (χ3n) is 6.07. The van der Waals surface area contributed by atoms with Gasteiger partial charge in [-0.25, -0.2) is 8.42 Å². The van der Waals surface area contributed by atoms with Gasteiger partial charge in [0.2, 0.25) is 11.8 Å². The SMILES string of the molecule is CCCNC(=O)[C@H](CC)N(Cc1ccc(Cl)cc1Cl)C(=O)CN(c1cccc(Cl)c1)S(=O)(=O)c1ccc(Cl)cc1. The van der Waals surface area contributed by atoms with Crippen LogP contribution < -0.4 is 9.62 Å². The first-order valence-electron chi connectivity index (χ1n) is 12.5. The molecule has 12 heteroatoms. The van der Waals surface area contributed by atoms with Crippen molar-refractivity contribution in [1.29, 1.82) is 0 Å². The first kappa shape index (κ1) is 32.0. The zero-order valence-electron chi connectivity index (χ0n) is 21.9. The number of carbonyl (C=O) groups excluding carboxylic acids is 2. The van der Waals surface area contributed by atoms with Crippen molar-refractivity contribution >= 4 is 73.9 Å². The third-order valence-corrected chi connectivity index (χ3v) is 8.93. The fraction of sp³-hybridized carbons (Fsp3) is 0.286. The van der Waals surface area contributed by atoms with Gasteiger partial charge < -0.3 is 10.2 Å². The molecule has 0 heterocycles. The molecule has 0 aliphatic carbocycles. The number of halogens is 4. The average Bonchev–Trinajstić information content (AvgIpc) is 2.91. The molecule has 1 atom stereocenters. The fourth-order valence-electron chi connectivity index (χ4n) is 4.01. The van der Waals surface area contributed by atoms with Gasteiger partial charge >= 0.3 is 0 Å². The van der Waals surface area contributed by atoms with Crippen LogP contribution in [-0.2, 0) is 26.2 Å². The number of hydrogen-bond acceptors (Lipinski definition) is 4. The van der Waals surface area contributed by atoms with Crippen LogP contribution in [0.1, 0.15) is 32.3 Å². The highest BCUT2D eigenvalue weighted by Gasteiger charge is 2.34. The minimum Gasteiger partial charge on any atom is -0.354 e. The zero-order valence-corrected chi connectivity index (χ0v) is 25.8. The molecule has 0 bridgehead atoms. The molecule has 0 radical (unpaired) electrons. The number of rotatable bonds is 12. The van der Waals surface area contributed by atoms with E-state index in [0.29, 0.717) is 33.6 Å². The molecule has 214 valence electrons. The van der Waals surface area contributed by atoms with Gasteiger partial charge in [0, 0.05) is 33.2 Å². The number of nitrogens with zero attached hydrogens (tertiary/aromatic N) is 2. The van der Waals surface area contributed by atoms with Crippen molar-refractivity contribution in [2.45, 2.75) is 44.2 Å². The molecule has 0 aliphatic rings. The van der Waals surface area contributed by atoms with Crippen molar-refractivity contribution in [2.75, 3.05) is 17.4 Å². The van der Waals surface area contributed by atoms with Gasteiger partial charge in [0.1, 0.15) is 12.6 Å². The molecule has 40 heavy (non-hydrogen) atoms. The van der Waals surface area contributed by atoms with Crippen LogP contribution >= 0.6 is 46.4 Å². The number of sulfonamides is 1. The van der Waals surface area contributed by atoms with E-state index in [1.165, 1.54) is 41.3 Å². The summed E-state index contributed by atoms with van der Waals surface area (Å²) in [4.78, 5) is 28.4. The average molecular weight is 645 g/mol. The molecule has 0 saturated heterocycles. The number of hydrogen-bond donors (Lipinski definition) is 1. The molecule has 0 spiro atoms. The molecule has 0 aromatic heterocycles. The summed E-state index contributed by atoms with van der Waals surface area (Å²) in [5, 5.41) is 4.21. The van der Waals surface area contributed by atoms with Gasteiger partial charge in [0.15, 0.2) is 0 Å². The first-order valence-corrected chi connectivity index (χ1v) is 15.5. The fourth-order valence-corrected chi connectivity index (χ4v) is 6.20. The summed E-state index contributed by atoms with van der Waals surface area (Å²) in [6.45, 7) is 3.48. The first-order chi connectivity index (χ1) is 19.0. The van der Waals surface area contributed by atoms with Crippen molar-refractivity contribution in [2.24, 2.45) is 0 Å². The van der Waals surface area contributed by atoms with Gasteiger partial charge in [-0.05, 0) is 73.0 Å². The van der Waals surface area contributed by atoms with Gasteiger partial charge in [0.05, 0.1) is 10.6 Å². The van der Waals surface area contributed by atoms with E-state index in [4.69, 9.17) is 46.4 Å². The maximum absolute atomic E-state index is 14.0. The maximum atomic E-state index is 14.0. The Morgan fingerprint density at radius 2 is 1.52 bits per heavy atom. The summed E-state index contributed by atoms with van der Waals surface area (Å²) >= 11 is 24.6. The largest absolute Gasteiger partial charge is 0.354 e. The molecule has 3 aromatic rings. The third kappa shape index (κ3) is 8.04. The van der Waals surface area contributed by atoms with Crippen LogP contribution in [0.5, 0.6) is 0 Å². The predicted octanol–water partition coefficient (Wildman–Crippen LogP) is 6.83. The van der Waals surface area contributed by atoms with Crippen molar-refractivity contribution in [3.05, 3.63) is 92.4 Å². The molecule has 0 unspecified atom stereocenters. The number of carbonyl (C=O) groups is 2. The smallest absolute Gasteiger partial charge is 0.264 e. The van der Waals surface area contributed by atoms with Gasteiger partial charge in [-0.3, -0.25) is 13.9 Å². The Hall–Kier alpha value is -2.49. The van der Waals surface area contributed by atoms with Gasteiger partial charge in [0.25, 0.3) is 10.0 Å². The van der Waals surface area contributed by atoms with Crippen LogP contribution in [0.3, 0.4) is 0 Å². The van der Waals surface area contributed by atoms with Crippen LogP contribution in [-0.4, -0.2) is 44.3 Å². The molecule has 3 rings (SSSR count). The van der Waals surface area contributed by atoms with Crippen LogP contribution in [0, 0.1) is 0 Å². The number of benzene rings is 3. The Labute approximate surface area is 255 Å². The second-order valence-corrected chi connectivity index (χ2v) is 12.5. The lowest BCUT2D eigenvalue weighted by Crippen LogP contribution is -2.52. The summed E-state index contributed by atoms with van der Waals surface area (Å²) in [5.41, 5.74) is 0.736. The second-order valence-electron chi connectivity index (χ2n) is 8.92. The van der Waals surface area contributed by atoms with E-state index < -0.39 is 28.5 Å². The Morgan fingerprint density at radius 1 is 0.875 bits per heavy atom. The Morgan fingerprint density at radius 3 is 2.12 bits per heavy atom. The Balaban J connectivity index is 2.07. The number of anilines is 1. The van der Waals surface area contributed by atoms with E-state index in [2.05, 4.69) is 5.32 Å². The second kappa shape index (κ2) is 14.4. The van der Waals surface area contributed by atoms with Crippen molar-refractivity contribution < 1.29 is 18.0 Å². The standard InChI is InChI=1S/C28H29Cl4N3O4S/c1-3-14-33-28(37)26(4-2)34(17-19-8-9-22(31)16-25(19)32)27(36)18-35(23-7-5-6-21(30)15-23)40(38,39)24-12-10-20(29)11-13-24/h5-13,15-16,26H,3-4,14,17-18H2,1-2H3,(H,33,37)/t26-/m0/s1. The predicted molar refractivity (Wildman–Crippen MR) is 162 cm³/mol. The lowest BCUT2D eigenvalue weighted by Gasteiger charge is -2.33. The molecule has 0 saturated carbocycles. The molecular weight excluding hydrogens is 616 g/mol. The van der Waals surface area contributed by atoms with Crippen molar-refractivity contribution in [3.8, 4) is 0 Å². The quantitative estimate of drug-likeness (QED) is 0.234. The highest BCUT2D eigenvalue weighted by molar-refractivity contribution is 7.92. The van der Waals surface area contributed by atoms with Gasteiger partial charge in [-0.15, -0.1) is 0 Å². The highest BCUT2D eigenvalue weighted by atomic mass is 35.5. The van der Waals surface area contributed by atoms with E-state index in [1.807, 2.05) is 6.92 Å². The van der Waals surface area contributed by atoms with Crippen LogP contribution in [0.2, 0.25) is 20.1 Å². The molecule has 3 aromatic carbocycles. The van der Waals surface area contributed by atoms with Crippen LogP contribution in [0.4, 0.5) is 5.69 Å². The summed E-state index contributed by atoms with van der Waals surface area (Å²) in [7, 11) is -4.25. The van der Waals surface area contributed by atoms with E-state index >= 15 is 0 Å². The normalized spacial score (nSPS) is 12.1. The minimum absolute atomic E-state index is 0.0444. The molecular formula is C28H29Cl4N3O4S. The lowest BCUT2D eigenvalue weighted by molar-refractivity contribution is -0.140. The van der Waals surface area contributed by atoms with Crippen molar-refractivity contribution in [1.82, 2.24) is 10.2 Å². The van der Waals surface area contributed by atoms with Gasteiger partial charge in [-0.2, -0.15) is 0 Å². The molecule has 1 N–H and O–H groups in total. The van der Waals surface area contributed by atoms with E-state index in [1.54, 1.807) is 37.3 Å². The van der Waals surface area contributed by atoms with E-state index in [9.17, 15) is 18.0 Å². The van der Waals surface area contributed by atoms with E-state index in [-0.39, 0.29) is 34.5 Å². The van der Waals surface area contributed by atoms with E-state index in [0.717, 1.165) is 4.31 Å². The molecule has 0 fully saturated rings. The molecule has 7 nitrogen and oxygen atoms in total. The number of amides is 2. The van der Waals surface area contributed by atoms with Gasteiger partial charge in [-0.1, -0.05) is 72.4 Å². The Kier molecular flexibility index (Phi) is 11.5. The summed E-state index contributed by atoms with van der Waals surface area (Å²) in [6, 6.07) is 15.8. The van der Waals surface area contributed by atoms with Crippen LogP contribution in [0.25, 0.3) is 0 Å². The molecule has 2 amide bonds. The zero-order chi connectivity index (χ0) is 29.4. The summed E-state index contributed by atoms with van der Waals surface area (Å²) in [5.74, 6) is -0.959. The topological polar surface area (TPSA) is 86.8 Å². The lowest BCUT2D eigenvalue weighted by atomic mass is 10.1. The maximum Gasteiger partial charge on any atom is 0.264 e. The Bertz CT molecular complexity index is 1450. The minimum atomic E-state index is -4.25. The number of nitrogens with one attached hydrogen (secondary N) is 1. The van der Waals surface area contributed by atoms with Crippen LogP contribution in [0.15, 0.2) is 71.6 Å². The monoisotopic (exact) mass is 643 g/mol. The highest BCUT2D eigenvalue weighted by Crippen LogP contribution is 2.28. The van der Waals surface area contributed by atoms with Crippen molar-refractivity contribution in [3.63, 3.8) is 0 Å². The summed E-state index contributed by atoms with van der Waals surface area (Å²) in [6.07, 6.45) is 0.995. The molecule has 0 aliphatic heterocycles.